The second kappa shape index (κ2) is 6.65. The van der Waals surface area contributed by atoms with Crippen LogP contribution in [0.5, 0.6) is 0 Å². The Morgan fingerprint density at radius 2 is 1.76 bits per heavy atom. The van der Waals surface area contributed by atoms with Crippen molar-refractivity contribution in [3.8, 4) is 0 Å². The van der Waals surface area contributed by atoms with Gasteiger partial charge in [-0.3, -0.25) is 4.79 Å². The summed E-state index contributed by atoms with van der Waals surface area (Å²) in [4.78, 5) is 23.5. The highest BCUT2D eigenvalue weighted by molar-refractivity contribution is 5.78. The van der Waals surface area contributed by atoms with E-state index < -0.39 is 0 Å². The van der Waals surface area contributed by atoms with Crippen LogP contribution in [0, 0.1) is 0 Å². The van der Waals surface area contributed by atoms with Crippen molar-refractivity contribution >= 4 is 17.9 Å². The highest BCUT2D eigenvalue weighted by Gasteiger charge is 2.20. The van der Waals surface area contributed by atoms with Crippen LogP contribution >= 0.6 is 0 Å². The molecule has 0 saturated heterocycles. The Labute approximate surface area is 122 Å². The number of carbonyl (C=O) groups is 1. The molecular formula is C14H17N5O2. The van der Waals surface area contributed by atoms with E-state index >= 15 is 0 Å². The highest BCUT2D eigenvalue weighted by Crippen LogP contribution is 2.21. The van der Waals surface area contributed by atoms with Gasteiger partial charge in [-0.1, -0.05) is 37.3 Å². The lowest BCUT2D eigenvalue weighted by Gasteiger charge is -2.14. The first kappa shape index (κ1) is 14.7. The number of ether oxygens (including phenoxy) is 1. The molecule has 0 radical (unpaired) electrons. The predicted molar refractivity (Wildman–Crippen MR) is 77.9 cm³/mol. The molecule has 0 amide bonds. The largest absolute Gasteiger partial charge is 0.457 e. The van der Waals surface area contributed by atoms with E-state index in [1.807, 2.05) is 37.3 Å². The Morgan fingerprint density at radius 3 is 2.33 bits per heavy atom. The fourth-order valence-corrected chi connectivity index (χ4v) is 1.98. The van der Waals surface area contributed by atoms with Crippen molar-refractivity contribution in [1.29, 1.82) is 0 Å². The van der Waals surface area contributed by atoms with Gasteiger partial charge in [-0.15, -0.1) is 0 Å². The molecule has 1 aromatic carbocycles. The van der Waals surface area contributed by atoms with Crippen LogP contribution in [0.4, 0.5) is 11.9 Å². The fraction of sp³-hybridized carbons (Fsp3) is 0.286. The second-order valence-electron chi connectivity index (χ2n) is 4.45. The van der Waals surface area contributed by atoms with Gasteiger partial charge in [-0.2, -0.15) is 15.0 Å². The van der Waals surface area contributed by atoms with Crippen molar-refractivity contribution in [2.45, 2.75) is 25.9 Å². The highest BCUT2D eigenvalue weighted by atomic mass is 16.5. The Balaban J connectivity index is 2.03. The number of benzene rings is 1. The number of nitrogens with zero attached hydrogens (tertiary/aromatic N) is 3. The van der Waals surface area contributed by atoms with Crippen molar-refractivity contribution in [3.05, 3.63) is 41.7 Å². The number of anilines is 2. The van der Waals surface area contributed by atoms with Crippen LogP contribution in [0.2, 0.25) is 0 Å². The number of hydrogen-bond acceptors (Lipinski definition) is 7. The summed E-state index contributed by atoms with van der Waals surface area (Å²) in [6.45, 7) is 1.84. The molecule has 4 N–H and O–H groups in total. The fourth-order valence-electron chi connectivity index (χ4n) is 1.98. The van der Waals surface area contributed by atoms with Crippen molar-refractivity contribution in [2.75, 3.05) is 11.5 Å². The lowest BCUT2D eigenvalue weighted by atomic mass is 9.97. The summed E-state index contributed by atoms with van der Waals surface area (Å²) in [5.41, 5.74) is 11.8. The maximum absolute atomic E-state index is 12.2. The van der Waals surface area contributed by atoms with E-state index in [2.05, 4.69) is 15.0 Å². The SMILES string of the molecule is CC[C@H](C(=O)OCc1nc(N)nc(N)n1)c1ccccc1. The zero-order valence-electron chi connectivity index (χ0n) is 11.7. The molecule has 7 nitrogen and oxygen atoms in total. The number of nitrogen functional groups attached to an aromatic ring is 2. The topological polar surface area (TPSA) is 117 Å². The zero-order valence-corrected chi connectivity index (χ0v) is 11.7. The van der Waals surface area contributed by atoms with Gasteiger partial charge in [0.25, 0.3) is 0 Å². The van der Waals surface area contributed by atoms with Gasteiger partial charge in [-0.05, 0) is 12.0 Å². The Hall–Kier alpha value is -2.70. The second-order valence-corrected chi connectivity index (χ2v) is 4.45. The first-order valence-corrected chi connectivity index (χ1v) is 6.57. The summed E-state index contributed by atoms with van der Waals surface area (Å²) in [6, 6.07) is 9.47. The van der Waals surface area contributed by atoms with Crippen molar-refractivity contribution in [1.82, 2.24) is 15.0 Å². The molecule has 1 atom stereocenters. The molecule has 0 spiro atoms. The van der Waals surface area contributed by atoms with E-state index in [1.165, 1.54) is 0 Å². The third-order valence-corrected chi connectivity index (χ3v) is 2.95. The molecular weight excluding hydrogens is 270 g/mol. The molecule has 0 aliphatic carbocycles. The lowest BCUT2D eigenvalue weighted by molar-refractivity contribution is -0.147. The number of aromatic nitrogens is 3. The Kier molecular flexibility index (Phi) is 4.65. The first-order valence-electron chi connectivity index (χ1n) is 6.57. The standard InChI is InChI=1S/C14H17N5O2/c1-2-10(9-6-4-3-5-7-9)12(20)21-8-11-17-13(15)19-14(16)18-11/h3-7,10H,2,8H2,1H3,(H4,15,16,17,18,19)/t10-/m0/s1. The van der Waals surface area contributed by atoms with Gasteiger partial charge in [0.1, 0.15) is 0 Å². The summed E-state index contributed by atoms with van der Waals surface area (Å²) in [7, 11) is 0. The van der Waals surface area contributed by atoms with Gasteiger partial charge in [0.05, 0.1) is 5.92 Å². The minimum atomic E-state index is -0.332. The maximum Gasteiger partial charge on any atom is 0.313 e. The minimum absolute atomic E-state index is 0.00338. The van der Waals surface area contributed by atoms with Crippen molar-refractivity contribution in [3.63, 3.8) is 0 Å². The normalized spacial score (nSPS) is 11.9. The maximum atomic E-state index is 12.2. The molecule has 110 valence electrons. The molecule has 0 fully saturated rings. The van der Waals surface area contributed by atoms with Crippen LogP contribution in [0.15, 0.2) is 30.3 Å². The number of esters is 1. The van der Waals surface area contributed by atoms with Crippen LogP contribution in [0.25, 0.3) is 0 Å². The van der Waals surface area contributed by atoms with Gasteiger partial charge in [0.15, 0.2) is 12.4 Å². The number of hydrogen-bond donors (Lipinski definition) is 2. The molecule has 0 saturated carbocycles. The van der Waals surface area contributed by atoms with E-state index in [4.69, 9.17) is 16.2 Å². The molecule has 21 heavy (non-hydrogen) atoms. The molecule has 2 aromatic rings. The monoisotopic (exact) mass is 287 g/mol. The summed E-state index contributed by atoms with van der Waals surface area (Å²) in [5.74, 6) is -0.410. The molecule has 0 aliphatic heterocycles. The van der Waals surface area contributed by atoms with Gasteiger partial charge >= 0.3 is 5.97 Å². The summed E-state index contributed by atoms with van der Waals surface area (Å²) in [5, 5.41) is 0. The lowest BCUT2D eigenvalue weighted by Crippen LogP contribution is -2.17. The van der Waals surface area contributed by atoms with E-state index in [-0.39, 0.29) is 36.2 Å². The van der Waals surface area contributed by atoms with Crippen LogP contribution in [-0.4, -0.2) is 20.9 Å². The average molecular weight is 287 g/mol. The number of rotatable bonds is 5. The average Bonchev–Trinajstić information content (AvgIpc) is 2.46. The smallest absolute Gasteiger partial charge is 0.313 e. The summed E-state index contributed by atoms with van der Waals surface area (Å²) in [6.07, 6.45) is 0.643. The van der Waals surface area contributed by atoms with E-state index in [0.29, 0.717) is 6.42 Å². The van der Waals surface area contributed by atoms with Crippen LogP contribution in [0.1, 0.15) is 30.7 Å². The molecule has 0 aliphatic rings. The molecule has 1 heterocycles. The third-order valence-electron chi connectivity index (χ3n) is 2.95. The summed E-state index contributed by atoms with van der Waals surface area (Å²) < 4.78 is 5.24. The molecule has 0 unspecified atom stereocenters. The molecule has 1 aromatic heterocycles. The van der Waals surface area contributed by atoms with Crippen LogP contribution in [-0.2, 0) is 16.1 Å². The van der Waals surface area contributed by atoms with Crippen LogP contribution < -0.4 is 11.5 Å². The van der Waals surface area contributed by atoms with Gasteiger partial charge in [0, 0.05) is 0 Å². The number of nitrogens with two attached hydrogens (primary N) is 2. The Bertz CT molecular complexity index is 598. The molecule has 0 bridgehead atoms. The van der Waals surface area contributed by atoms with Crippen molar-refractivity contribution < 1.29 is 9.53 Å². The van der Waals surface area contributed by atoms with Gasteiger partial charge in [-0.25, -0.2) is 0 Å². The van der Waals surface area contributed by atoms with Gasteiger partial charge < -0.3 is 16.2 Å². The van der Waals surface area contributed by atoms with Gasteiger partial charge in [0.2, 0.25) is 11.9 Å². The zero-order chi connectivity index (χ0) is 15.2. The minimum Gasteiger partial charge on any atom is -0.457 e. The first-order chi connectivity index (χ1) is 10.1. The van der Waals surface area contributed by atoms with E-state index in [0.717, 1.165) is 5.56 Å². The molecule has 2 rings (SSSR count). The number of carbonyl (C=O) groups excluding carboxylic acids is 1. The third kappa shape index (κ3) is 3.88. The predicted octanol–water partition coefficient (Wildman–Crippen LogP) is 1.27. The molecule has 7 heteroatoms. The quantitative estimate of drug-likeness (QED) is 0.795. The van der Waals surface area contributed by atoms with E-state index in [9.17, 15) is 4.79 Å². The Morgan fingerprint density at radius 1 is 1.14 bits per heavy atom. The van der Waals surface area contributed by atoms with E-state index in [1.54, 1.807) is 0 Å². The van der Waals surface area contributed by atoms with Crippen molar-refractivity contribution in [2.24, 2.45) is 0 Å². The summed E-state index contributed by atoms with van der Waals surface area (Å²) >= 11 is 0. The van der Waals surface area contributed by atoms with Crippen LogP contribution in [0.3, 0.4) is 0 Å².